The fourth-order valence-electron chi connectivity index (χ4n) is 0.961. The van der Waals surface area contributed by atoms with Crippen molar-refractivity contribution in [3.63, 3.8) is 0 Å². The third-order valence-electron chi connectivity index (χ3n) is 1.63. The molecule has 0 saturated carbocycles. The predicted molar refractivity (Wildman–Crippen MR) is 52.0 cm³/mol. The highest BCUT2D eigenvalue weighted by Crippen LogP contribution is 2.34. The zero-order chi connectivity index (χ0) is 11.8. The van der Waals surface area contributed by atoms with Crippen LogP contribution >= 0.6 is 22.3 Å². The van der Waals surface area contributed by atoms with E-state index < -0.39 is 26.1 Å². The number of hydrogen-bond donors (Lipinski definition) is 0. The molecule has 0 radical (unpaired) electrons. The van der Waals surface area contributed by atoms with Gasteiger partial charge in [-0.1, -0.05) is 11.6 Å². The first kappa shape index (κ1) is 12.6. The van der Waals surface area contributed by atoms with Crippen LogP contribution in [0.3, 0.4) is 0 Å². The zero-order valence-corrected chi connectivity index (χ0v) is 9.67. The number of halogens is 4. The number of aryl methyl sites for hydroxylation is 1. The predicted octanol–water partition coefficient (Wildman–Crippen LogP) is 2.91. The Bertz CT molecular complexity index is 490. The van der Waals surface area contributed by atoms with Crippen molar-refractivity contribution in [2.45, 2.75) is 18.2 Å². The third kappa shape index (κ3) is 2.56. The molecule has 15 heavy (non-hydrogen) atoms. The van der Waals surface area contributed by atoms with Crippen LogP contribution in [0.2, 0.25) is 5.02 Å². The number of alkyl halides is 2. The smallest absolute Gasteiger partial charge is 0.253 e. The summed E-state index contributed by atoms with van der Waals surface area (Å²) in [4.78, 5) is 2.49. The Balaban J connectivity index is 3.65. The van der Waals surface area contributed by atoms with Gasteiger partial charge < -0.3 is 0 Å². The number of pyridine rings is 1. The summed E-state index contributed by atoms with van der Waals surface area (Å²) < 4.78 is 46.9. The van der Waals surface area contributed by atoms with E-state index in [4.69, 9.17) is 22.3 Å². The van der Waals surface area contributed by atoms with E-state index >= 15 is 0 Å². The monoisotopic (exact) mass is 275 g/mol. The second kappa shape index (κ2) is 4.19. The van der Waals surface area contributed by atoms with Crippen molar-refractivity contribution in [3.8, 4) is 0 Å². The maximum atomic E-state index is 12.4. The lowest BCUT2D eigenvalue weighted by Gasteiger charge is -2.08. The molecule has 0 atom stereocenters. The Labute approximate surface area is 94.4 Å². The Hall–Kier alpha value is -0.460. The Morgan fingerprint density at radius 2 is 2.00 bits per heavy atom. The van der Waals surface area contributed by atoms with Crippen molar-refractivity contribution in [1.82, 2.24) is 4.98 Å². The summed E-state index contributed by atoms with van der Waals surface area (Å²) in [6.45, 7) is 1.44. The lowest BCUT2D eigenvalue weighted by molar-refractivity contribution is 0.142. The normalized spacial score (nSPS) is 12.1. The molecule has 0 spiro atoms. The van der Waals surface area contributed by atoms with E-state index in [1.165, 1.54) is 6.92 Å². The van der Waals surface area contributed by atoms with Gasteiger partial charge in [-0.25, -0.2) is 17.2 Å². The summed E-state index contributed by atoms with van der Waals surface area (Å²) in [7, 11) is 0.666. The Morgan fingerprint density at radius 1 is 1.47 bits per heavy atom. The molecular formula is C7H5Cl2F2NO2S. The van der Waals surface area contributed by atoms with Crippen molar-refractivity contribution in [3.05, 3.63) is 22.5 Å². The largest absolute Gasteiger partial charge is 0.281 e. The molecule has 0 aliphatic rings. The van der Waals surface area contributed by atoms with E-state index in [9.17, 15) is 17.2 Å². The molecule has 1 rings (SSSR count). The van der Waals surface area contributed by atoms with Crippen LogP contribution in [0.4, 0.5) is 8.78 Å². The molecule has 0 aromatic carbocycles. The van der Waals surface area contributed by atoms with Crippen LogP contribution < -0.4 is 0 Å². The first-order valence-corrected chi connectivity index (χ1v) is 6.31. The Kier molecular flexibility index (Phi) is 3.52. The number of hydrogen-bond acceptors (Lipinski definition) is 3. The molecule has 1 aromatic rings. The van der Waals surface area contributed by atoms with Gasteiger partial charge in [-0.05, 0) is 12.5 Å². The van der Waals surface area contributed by atoms with Crippen molar-refractivity contribution in [2.75, 3.05) is 0 Å². The number of aromatic nitrogens is 1. The molecule has 8 heteroatoms. The van der Waals surface area contributed by atoms with Gasteiger partial charge in [-0.3, -0.25) is 4.98 Å². The minimum absolute atomic E-state index is 0.264. The van der Waals surface area contributed by atoms with Gasteiger partial charge in [0.05, 0.1) is 5.02 Å². The Morgan fingerprint density at radius 3 is 2.40 bits per heavy atom. The summed E-state index contributed by atoms with van der Waals surface area (Å²) in [5, 5.41) is -0.324. The fourth-order valence-corrected chi connectivity index (χ4v) is 2.76. The SMILES string of the molecule is Cc1cnc(C(F)F)c(S(=O)(=O)Cl)c1Cl. The summed E-state index contributed by atoms with van der Waals surface area (Å²) in [6.07, 6.45) is -1.98. The average Bonchev–Trinajstić information content (AvgIpc) is 2.06. The van der Waals surface area contributed by atoms with E-state index in [1.807, 2.05) is 0 Å². The van der Waals surface area contributed by atoms with Gasteiger partial charge in [-0.2, -0.15) is 0 Å². The molecule has 1 aromatic heterocycles. The van der Waals surface area contributed by atoms with E-state index in [0.29, 0.717) is 0 Å². The molecule has 3 nitrogen and oxygen atoms in total. The highest BCUT2D eigenvalue weighted by molar-refractivity contribution is 8.13. The molecular weight excluding hydrogens is 271 g/mol. The lowest BCUT2D eigenvalue weighted by atomic mass is 10.3. The van der Waals surface area contributed by atoms with Crippen LogP contribution in [0.1, 0.15) is 17.7 Å². The van der Waals surface area contributed by atoms with E-state index in [1.54, 1.807) is 0 Å². The van der Waals surface area contributed by atoms with Crippen molar-refractivity contribution in [2.24, 2.45) is 0 Å². The third-order valence-corrected chi connectivity index (χ3v) is 3.59. The molecule has 0 amide bonds. The highest BCUT2D eigenvalue weighted by atomic mass is 35.7. The second-order valence-electron chi connectivity index (χ2n) is 2.71. The molecule has 0 N–H and O–H groups in total. The molecule has 84 valence electrons. The first-order valence-electron chi connectivity index (χ1n) is 3.63. The van der Waals surface area contributed by atoms with Crippen LogP contribution in [0.5, 0.6) is 0 Å². The quantitative estimate of drug-likeness (QED) is 0.780. The van der Waals surface area contributed by atoms with Gasteiger partial charge in [0, 0.05) is 16.9 Å². The van der Waals surface area contributed by atoms with Gasteiger partial charge in [0.25, 0.3) is 15.5 Å². The van der Waals surface area contributed by atoms with E-state index in [2.05, 4.69) is 4.98 Å². The summed E-state index contributed by atoms with van der Waals surface area (Å²) in [5.74, 6) is 0. The average molecular weight is 276 g/mol. The zero-order valence-electron chi connectivity index (χ0n) is 7.34. The van der Waals surface area contributed by atoms with Crippen LogP contribution in [0.15, 0.2) is 11.1 Å². The van der Waals surface area contributed by atoms with E-state index in [-0.39, 0.29) is 10.6 Å². The van der Waals surface area contributed by atoms with Crippen LogP contribution in [-0.2, 0) is 9.05 Å². The number of nitrogens with zero attached hydrogens (tertiary/aromatic N) is 1. The molecule has 0 saturated heterocycles. The summed E-state index contributed by atoms with van der Waals surface area (Å²) >= 11 is 5.59. The van der Waals surface area contributed by atoms with Gasteiger partial charge in [-0.15, -0.1) is 0 Å². The van der Waals surface area contributed by atoms with Crippen LogP contribution in [0, 0.1) is 6.92 Å². The molecule has 0 fully saturated rings. The molecule has 0 aliphatic carbocycles. The van der Waals surface area contributed by atoms with Crippen LogP contribution in [-0.4, -0.2) is 13.4 Å². The lowest BCUT2D eigenvalue weighted by Crippen LogP contribution is -2.04. The molecule has 1 heterocycles. The van der Waals surface area contributed by atoms with Gasteiger partial charge in [0.15, 0.2) is 0 Å². The van der Waals surface area contributed by atoms with Gasteiger partial charge in [0.2, 0.25) is 0 Å². The molecule has 0 unspecified atom stereocenters. The maximum Gasteiger partial charge on any atom is 0.281 e. The van der Waals surface area contributed by atoms with Crippen molar-refractivity contribution in [1.29, 1.82) is 0 Å². The molecule has 0 bridgehead atoms. The maximum absolute atomic E-state index is 12.4. The fraction of sp³-hybridized carbons (Fsp3) is 0.286. The standard InChI is InChI=1S/C7H5Cl2F2NO2S/c1-3-2-12-5(7(10)11)6(4(3)8)15(9,13)14/h2,7H,1H3. The van der Waals surface area contributed by atoms with Crippen molar-refractivity contribution < 1.29 is 17.2 Å². The minimum atomic E-state index is -4.33. The first-order chi connectivity index (χ1) is 6.75. The number of rotatable bonds is 2. The van der Waals surface area contributed by atoms with Crippen LogP contribution in [0.25, 0.3) is 0 Å². The summed E-state index contributed by atoms with van der Waals surface area (Å²) in [6, 6.07) is 0. The summed E-state index contributed by atoms with van der Waals surface area (Å²) in [5.41, 5.74) is -0.666. The minimum Gasteiger partial charge on any atom is -0.253 e. The second-order valence-corrected chi connectivity index (χ2v) is 5.59. The highest BCUT2D eigenvalue weighted by Gasteiger charge is 2.27. The molecule has 0 aliphatic heterocycles. The van der Waals surface area contributed by atoms with Gasteiger partial charge in [0.1, 0.15) is 10.6 Å². The topological polar surface area (TPSA) is 47.0 Å². The van der Waals surface area contributed by atoms with Crippen molar-refractivity contribution >= 4 is 31.3 Å². The van der Waals surface area contributed by atoms with Gasteiger partial charge >= 0.3 is 0 Å². The van der Waals surface area contributed by atoms with E-state index in [0.717, 1.165) is 6.20 Å².